The van der Waals surface area contributed by atoms with E-state index < -0.39 is 27.4 Å². The maximum absolute atomic E-state index is 12.3. The lowest BCUT2D eigenvalue weighted by Gasteiger charge is -2.21. The lowest BCUT2D eigenvalue weighted by atomic mass is 10.1. The van der Waals surface area contributed by atoms with Crippen LogP contribution in [0.15, 0.2) is 23.1 Å². The summed E-state index contributed by atoms with van der Waals surface area (Å²) in [5, 5.41) is 11.4. The molecule has 0 aliphatic heterocycles. The van der Waals surface area contributed by atoms with Crippen LogP contribution in [0, 0.1) is 0 Å². The smallest absolute Gasteiger partial charge is 0.328 e. The van der Waals surface area contributed by atoms with Crippen molar-refractivity contribution >= 4 is 21.9 Å². The predicted molar refractivity (Wildman–Crippen MR) is 83.0 cm³/mol. The van der Waals surface area contributed by atoms with Crippen LogP contribution in [0.2, 0.25) is 0 Å². The molecule has 0 fully saturated rings. The molecule has 0 aliphatic carbocycles. The second-order valence-electron chi connectivity index (χ2n) is 5.54. The van der Waals surface area contributed by atoms with E-state index in [1.807, 2.05) is 0 Å². The number of nitrogens with zero attached hydrogens (tertiary/aromatic N) is 1. The molecule has 0 bridgehead atoms. The number of sulfonamides is 1. The van der Waals surface area contributed by atoms with E-state index in [9.17, 15) is 18.0 Å². The zero-order chi connectivity index (χ0) is 18.0. The van der Waals surface area contributed by atoms with Gasteiger partial charge in [0.1, 0.15) is 16.2 Å². The Hall–Kier alpha value is -2.13. The quantitative estimate of drug-likeness (QED) is 0.779. The number of hydrogen-bond donors (Lipinski definition) is 2. The number of aliphatic carboxylic acids is 1. The Morgan fingerprint density at radius 1 is 1.26 bits per heavy atom. The van der Waals surface area contributed by atoms with Gasteiger partial charge in [0.2, 0.25) is 10.0 Å². The molecule has 23 heavy (non-hydrogen) atoms. The number of benzene rings is 1. The van der Waals surface area contributed by atoms with Gasteiger partial charge in [-0.2, -0.15) is 0 Å². The fourth-order valence-corrected chi connectivity index (χ4v) is 2.70. The van der Waals surface area contributed by atoms with Crippen molar-refractivity contribution in [2.24, 2.45) is 0 Å². The molecule has 0 saturated carbocycles. The van der Waals surface area contributed by atoms with Crippen molar-refractivity contribution < 1.29 is 27.9 Å². The van der Waals surface area contributed by atoms with Crippen molar-refractivity contribution in [3.63, 3.8) is 0 Å². The van der Waals surface area contributed by atoms with E-state index >= 15 is 0 Å². The average molecular weight is 344 g/mol. The normalized spacial score (nSPS) is 12.1. The molecule has 0 heterocycles. The third-order valence-electron chi connectivity index (χ3n) is 3.15. The van der Waals surface area contributed by atoms with Gasteiger partial charge in [0.05, 0.1) is 7.11 Å². The predicted octanol–water partition coefficient (Wildman–Crippen LogP) is 0.538. The summed E-state index contributed by atoms with van der Waals surface area (Å²) in [6.45, 7) is 2.66. The van der Waals surface area contributed by atoms with Crippen molar-refractivity contribution in [1.29, 1.82) is 0 Å². The third kappa shape index (κ3) is 3.99. The first-order valence-corrected chi connectivity index (χ1v) is 8.04. The van der Waals surface area contributed by atoms with E-state index in [0.717, 1.165) is 10.4 Å². The molecule has 9 heteroatoms. The van der Waals surface area contributed by atoms with Crippen LogP contribution in [0.5, 0.6) is 5.75 Å². The molecule has 128 valence electrons. The summed E-state index contributed by atoms with van der Waals surface area (Å²) in [5.41, 5.74) is -1.47. The molecule has 1 rings (SSSR count). The summed E-state index contributed by atoms with van der Waals surface area (Å²) in [7, 11) is 0.205. The summed E-state index contributed by atoms with van der Waals surface area (Å²) >= 11 is 0. The minimum atomic E-state index is -3.82. The van der Waals surface area contributed by atoms with Gasteiger partial charge in [-0.25, -0.2) is 17.5 Å². The van der Waals surface area contributed by atoms with Gasteiger partial charge in [-0.1, -0.05) is 0 Å². The number of ether oxygens (including phenoxy) is 1. The van der Waals surface area contributed by atoms with E-state index in [0.29, 0.717) is 0 Å². The van der Waals surface area contributed by atoms with Crippen LogP contribution >= 0.6 is 0 Å². The van der Waals surface area contributed by atoms with Gasteiger partial charge in [0, 0.05) is 19.7 Å². The molecule has 0 unspecified atom stereocenters. The van der Waals surface area contributed by atoms with Crippen molar-refractivity contribution in [1.82, 2.24) is 9.62 Å². The van der Waals surface area contributed by atoms with Crippen LogP contribution in [0.1, 0.15) is 24.2 Å². The first-order chi connectivity index (χ1) is 10.4. The molecule has 0 saturated heterocycles. The summed E-state index contributed by atoms with van der Waals surface area (Å²) < 4.78 is 30.6. The van der Waals surface area contributed by atoms with Crippen LogP contribution in [0.25, 0.3) is 0 Å². The zero-order valence-electron chi connectivity index (χ0n) is 13.6. The first-order valence-electron chi connectivity index (χ1n) is 6.60. The molecular weight excluding hydrogens is 324 g/mol. The van der Waals surface area contributed by atoms with Gasteiger partial charge in [0.25, 0.3) is 5.91 Å². The minimum absolute atomic E-state index is 0.0144. The van der Waals surface area contributed by atoms with E-state index in [-0.39, 0.29) is 16.2 Å². The number of nitrogens with one attached hydrogen (secondary N) is 1. The fraction of sp³-hybridized carbons (Fsp3) is 0.429. The average Bonchev–Trinajstić information content (AvgIpc) is 2.45. The van der Waals surface area contributed by atoms with Crippen molar-refractivity contribution in [3.8, 4) is 5.75 Å². The van der Waals surface area contributed by atoms with E-state index in [1.54, 1.807) is 0 Å². The van der Waals surface area contributed by atoms with Crippen LogP contribution in [0.3, 0.4) is 0 Å². The number of methoxy groups -OCH3 is 1. The van der Waals surface area contributed by atoms with Gasteiger partial charge < -0.3 is 15.2 Å². The number of carboxylic acids is 1. The van der Waals surface area contributed by atoms with Gasteiger partial charge in [-0.05, 0) is 32.0 Å². The molecule has 1 amide bonds. The van der Waals surface area contributed by atoms with Crippen molar-refractivity contribution in [2.75, 3.05) is 21.2 Å². The Morgan fingerprint density at radius 3 is 2.26 bits per heavy atom. The minimum Gasteiger partial charge on any atom is -0.495 e. The monoisotopic (exact) mass is 344 g/mol. The van der Waals surface area contributed by atoms with Gasteiger partial charge in [0.15, 0.2) is 0 Å². The lowest BCUT2D eigenvalue weighted by molar-refractivity contribution is -0.143. The van der Waals surface area contributed by atoms with Crippen LogP contribution in [-0.2, 0) is 14.8 Å². The second kappa shape index (κ2) is 6.55. The highest BCUT2D eigenvalue weighted by Gasteiger charge is 2.30. The number of hydrogen-bond acceptors (Lipinski definition) is 5. The highest BCUT2D eigenvalue weighted by atomic mass is 32.2. The number of amides is 1. The Kier molecular flexibility index (Phi) is 5.39. The van der Waals surface area contributed by atoms with Gasteiger partial charge in [-0.15, -0.1) is 0 Å². The molecule has 1 aromatic carbocycles. The molecular formula is C14H20N2O6S. The molecule has 0 atom stereocenters. The Morgan fingerprint density at radius 2 is 1.83 bits per heavy atom. The van der Waals surface area contributed by atoms with Crippen LogP contribution in [0.4, 0.5) is 0 Å². The number of rotatable bonds is 6. The summed E-state index contributed by atoms with van der Waals surface area (Å²) in [4.78, 5) is 23.1. The van der Waals surface area contributed by atoms with Crippen molar-refractivity contribution in [2.45, 2.75) is 24.3 Å². The van der Waals surface area contributed by atoms with Gasteiger partial charge in [-0.3, -0.25) is 4.79 Å². The zero-order valence-corrected chi connectivity index (χ0v) is 14.4. The Balaban J connectivity index is 3.32. The standard InChI is InChI=1S/C14H20N2O6S/c1-14(2,13(18)19)15-12(17)9-6-7-10(22-5)11(8-9)23(20,21)16(3)4/h6-8H,1-5H3,(H,15,17)(H,18,19). The lowest BCUT2D eigenvalue weighted by Crippen LogP contribution is -2.49. The Bertz CT molecular complexity index is 725. The molecule has 0 spiro atoms. The molecule has 0 aliphatic rings. The largest absolute Gasteiger partial charge is 0.495 e. The molecule has 0 radical (unpaired) electrons. The summed E-state index contributed by atoms with van der Waals surface area (Å²) in [5.74, 6) is -1.82. The summed E-state index contributed by atoms with van der Waals surface area (Å²) in [6.07, 6.45) is 0. The molecule has 1 aromatic rings. The number of carbonyl (C=O) groups excluding carboxylic acids is 1. The van der Waals surface area contributed by atoms with Crippen LogP contribution in [-0.4, -0.2) is 56.5 Å². The third-order valence-corrected chi connectivity index (χ3v) is 4.98. The second-order valence-corrected chi connectivity index (χ2v) is 7.66. The number of carbonyl (C=O) groups is 2. The Labute approximate surface area is 135 Å². The first kappa shape index (κ1) is 18.9. The van der Waals surface area contributed by atoms with E-state index in [2.05, 4.69) is 5.32 Å². The number of carboxylic acid groups (broad SMARTS) is 1. The maximum atomic E-state index is 12.3. The highest BCUT2D eigenvalue weighted by molar-refractivity contribution is 7.89. The molecule has 8 nitrogen and oxygen atoms in total. The van der Waals surface area contributed by atoms with Crippen LogP contribution < -0.4 is 10.1 Å². The van der Waals surface area contributed by atoms with Crippen molar-refractivity contribution in [3.05, 3.63) is 23.8 Å². The maximum Gasteiger partial charge on any atom is 0.328 e. The van der Waals surface area contributed by atoms with Gasteiger partial charge >= 0.3 is 5.97 Å². The summed E-state index contributed by atoms with van der Waals surface area (Å²) in [6, 6.07) is 3.86. The van der Waals surface area contributed by atoms with E-state index in [4.69, 9.17) is 9.84 Å². The molecule has 0 aromatic heterocycles. The molecule has 2 N–H and O–H groups in total. The highest BCUT2D eigenvalue weighted by Crippen LogP contribution is 2.27. The topological polar surface area (TPSA) is 113 Å². The van der Waals surface area contributed by atoms with E-state index in [1.165, 1.54) is 47.2 Å². The fourth-order valence-electron chi connectivity index (χ4n) is 1.63. The SMILES string of the molecule is COc1ccc(C(=O)NC(C)(C)C(=O)O)cc1S(=O)(=O)N(C)C.